The van der Waals surface area contributed by atoms with E-state index in [0.29, 0.717) is 19.7 Å². The van der Waals surface area contributed by atoms with Crippen LogP contribution in [0.2, 0.25) is 0 Å². The summed E-state index contributed by atoms with van der Waals surface area (Å²) in [5.74, 6) is 0.533. The third-order valence-corrected chi connectivity index (χ3v) is 4.26. The van der Waals surface area contributed by atoms with Gasteiger partial charge < -0.3 is 9.26 Å². The average molecular weight is 339 g/mol. The van der Waals surface area contributed by atoms with E-state index >= 15 is 0 Å². The maximum atomic E-state index is 12.1. The van der Waals surface area contributed by atoms with E-state index in [0.717, 1.165) is 0 Å². The van der Waals surface area contributed by atoms with Gasteiger partial charge in [-0.3, -0.25) is 4.57 Å². The monoisotopic (exact) mass is 338 g/mol. The van der Waals surface area contributed by atoms with Crippen LogP contribution in [0.25, 0.3) is 0 Å². The number of rotatable bonds is 12. The Morgan fingerprint density at radius 1 is 1.37 bits per heavy atom. The normalized spacial score (nSPS) is 16.5. The molecule has 0 saturated heterocycles. The lowest BCUT2D eigenvalue weighted by molar-refractivity contribution is -0.347. The Kier molecular flexibility index (Phi) is 11.6. The van der Waals surface area contributed by atoms with Crippen LogP contribution in [-0.4, -0.2) is 54.3 Å². The van der Waals surface area contributed by atoms with Crippen molar-refractivity contribution in [1.29, 1.82) is 0 Å². The first-order valence-corrected chi connectivity index (χ1v) is 8.55. The summed E-state index contributed by atoms with van der Waals surface area (Å²) in [5, 5.41) is 8.54. The van der Waals surface area contributed by atoms with Crippen molar-refractivity contribution in [2.45, 2.75) is 19.6 Å². The summed E-state index contributed by atoms with van der Waals surface area (Å²) in [6.45, 7) is 2.76. The van der Waals surface area contributed by atoms with Crippen LogP contribution in [0, 0.1) is 0 Å². The lowest BCUT2D eigenvalue weighted by Gasteiger charge is -2.26. The van der Waals surface area contributed by atoms with Crippen LogP contribution in [-0.2, 0) is 18.7 Å². The largest absolute Gasteiger partial charge is 0.350 e. The molecule has 0 spiro atoms. The molecule has 0 aromatic rings. The lowest BCUT2D eigenvalue weighted by Crippen LogP contribution is -2.30. The van der Waals surface area contributed by atoms with Gasteiger partial charge in [-0.25, -0.2) is 20.3 Å². The Bertz CT molecular complexity index is 269. The molecule has 0 amide bonds. The topological polar surface area (TPSA) is 94.3 Å². The summed E-state index contributed by atoms with van der Waals surface area (Å²) in [7, 11) is -3.45. The summed E-state index contributed by atoms with van der Waals surface area (Å²) < 4.78 is 23.7. The Labute approximate surface area is 123 Å². The second-order valence-electron chi connectivity index (χ2n) is 3.51. The number of hydrogen-bond acceptors (Lipinski definition) is 5. The van der Waals surface area contributed by atoms with Gasteiger partial charge in [0.25, 0.3) is 0 Å². The van der Waals surface area contributed by atoms with Crippen molar-refractivity contribution in [2.75, 3.05) is 38.1 Å². The predicted octanol–water partition coefficient (Wildman–Crippen LogP) is 2.09. The van der Waals surface area contributed by atoms with Gasteiger partial charge in [0.1, 0.15) is 0 Å². The molecule has 116 valence electrons. The molecule has 3 N–H and O–H groups in total. The highest BCUT2D eigenvalue weighted by atomic mass is 35.5. The van der Waals surface area contributed by atoms with Crippen LogP contribution < -0.4 is 5.50 Å². The second kappa shape index (κ2) is 11.3. The number of ether oxygens (including phenoxy) is 1. The highest BCUT2D eigenvalue weighted by molar-refractivity contribution is 7.53. The fraction of sp³-hybridized carbons (Fsp3) is 1.00. The van der Waals surface area contributed by atoms with Crippen LogP contribution in [0.1, 0.15) is 13.3 Å². The molecule has 0 fully saturated rings. The molecule has 0 aromatic carbocycles. The maximum absolute atomic E-state index is 12.1. The van der Waals surface area contributed by atoms with Crippen molar-refractivity contribution >= 4 is 30.9 Å². The zero-order valence-corrected chi connectivity index (χ0v) is 13.2. The lowest BCUT2D eigenvalue weighted by atomic mass is 10.4. The van der Waals surface area contributed by atoms with E-state index in [4.69, 9.17) is 43.2 Å². The van der Waals surface area contributed by atoms with Gasteiger partial charge in [0, 0.05) is 37.9 Å². The molecule has 0 saturated carbocycles. The summed E-state index contributed by atoms with van der Waals surface area (Å²) in [6, 6.07) is 0. The van der Waals surface area contributed by atoms with Crippen molar-refractivity contribution in [1.82, 2.24) is 4.67 Å². The molecule has 0 aliphatic heterocycles. The van der Waals surface area contributed by atoms with E-state index in [1.54, 1.807) is 6.92 Å². The van der Waals surface area contributed by atoms with Gasteiger partial charge in [0.2, 0.25) is 0 Å². The fourth-order valence-corrected chi connectivity index (χ4v) is 3.23. The first-order chi connectivity index (χ1) is 9.01. The van der Waals surface area contributed by atoms with E-state index < -0.39 is 14.0 Å². The zero-order valence-electron chi connectivity index (χ0n) is 10.8. The molecule has 10 heteroatoms. The van der Waals surface area contributed by atoms with Crippen molar-refractivity contribution in [3.8, 4) is 0 Å². The summed E-state index contributed by atoms with van der Waals surface area (Å²) in [6.07, 6.45) is -0.638. The van der Waals surface area contributed by atoms with Gasteiger partial charge in [-0.15, -0.1) is 23.2 Å². The first-order valence-electron chi connectivity index (χ1n) is 5.84. The molecule has 0 aliphatic carbocycles. The third kappa shape index (κ3) is 8.45. The maximum Gasteiger partial charge on any atom is 0.340 e. The minimum absolute atomic E-state index is 0.0140. The van der Waals surface area contributed by atoms with Gasteiger partial charge in [-0.1, -0.05) is 0 Å². The zero-order chi connectivity index (χ0) is 14.7. The molecule has 0 aliphatic rings. The standard InChI is InChI=1S/C9H21Cl2N2O5P/c1-2-16-9(18-14)3-8-17-19(12,15)13(6-4-10)7-5-11/h9,14H,2-8H2,1H3,(H2,12,15). The van der Waals surface area contributed by atoms with Gasteiger partial charge >= 0.3 is 7.67 Å². The molecule has 2 atom stereocenters. The summed E-state index contributed by atoms with van der Waals surface area (Å²) in [4.78, 5) is 4.07. The molecular formula is C9H21Cl2N2O5P. The van der Waals surface area contributed by atoms with Gasteiger partial charge in [0.15, 0.2) is 6.29 Å². The molecule has 0 bridgehead atoms. The van der Waals surface area contributed by atoms with Gasteiger partial charge in [-0.05, 0) is 6.92 Å². The summed E-state index contributed by atoms with van der Waals surface area (Å²) >= 11 is 11.2. The molecule has 19 heavy (non-hydrogen) atoms. The molecule has 0 rings (SSSR count). The van der Waals surface area contributed by atoms with E-state index in [9.17, 15) is 4.57 Å². The minimum atomic E-state index is -3.45. The number of alkyl halides is 2. The highest BCUT2D eigenvalue weighted by Crippen LogP contribution is 2.42. The molecule has 0 radical (unpaired) electrons. The Morgan fingerprint density at radius 3 is 2.37 bits per heavy atom. The smallest absolute Gasteiger partial charge is 0.340 e. The molecular weight excluding hydrogens is 318 g/mol. The van der Waals surface area contributed by atoms with Crippen LogP contribution in [0.4, 0.5) is 0 Å². The van der Waals surface area contributed by atoms with E-state index in [1.807, 2.05) is 0 Å². The SMILES string of the molecule is CCOC(CCOP(N)(=O)N(CCCl)CCCl)OO. The number of halogens is 2. The first kappa shape index (κ1) is 19.6. The molecule has 0 heterocycles. The van der Waals surface area contributed by atoms with Crippen LogP contribution in [0.15, 0.2) is 0 Å². The minimum Gasteiger partial charge on any atom is -0.350 e. The van der Waals surface area contributed by atoms with E-state index in [-0.39, 0.29) is 24.8 Å². The predicted molar refractivity (Wildman–Crippen MR) is 74.5 cm³/mol. The third-order valence-electron chi connectivity index (χ3n) is 2.18. The highest BCUT2D eigenvalue weighted by Gasteiger charge is 2.26. The number of nitrogens with zero attached hydrogens (tertiary/aromatic N) is 1. The fourth-order valence-electron chi connectivity index (χ4n) is 1.30. The molecule has 7 nitrogen and oxygen atoms in total. The van der Waals surface area contributed by atoms with E-state index in [1.165, 1.54) is 4.67 Å². The number of hydrogen-bond donors (Lipinski definition) is 2. The van der Waals surface area contributed by atoms with Crippen LogP contribution in [0.5, 0.6) is 0 Å². The van der Waals surface area contributed by atoms with Crippen LogP contribution >= 0.6 is 30.9 Å². The molecule has 2 unspecified atom stereocenters. The quantitative estimate of drug-likeness (QED) is 0.185. The van der Waals surface area contributed by atoms with Crippen LogP contribution in [0.3, 0.4) is 0 Å². The Hall–Kier alpha value is 0.570. The van der Waals surface area contributed by atoms with Crippen molar-refractivity contribution in [2.24, 2.45) is 5.50 Å². The number of nitrogens with two attached hydrogens (primary N) is 1. The summed E-state index contributed by atoms with van der Waals surface area (Å²) in [5.41, 5.74) is 5.63. The van der Waals surface area contributed by atoms with Gasteiger partial charge in [-0.2, -0.15) is 0 Å². The van der Waals surface area contributed by atoms with Crippen molar-refractivity contribution < 1.29 is 24.0 Å². The second-order valence-corrected chi connectivity index (χ2v) is 6.22. The Balaban J connectivity index is 4.22. The van der Waals surface area contributed by atoms with Gasteiger partial charge in [0.05, 0.1) is 6.61 Å². The van der Waals surface area contributed by atoms with E-state index in [2.05, 4.69) is 4.89 Å². The molecule has 0 aromatic heterocycles. The Morgan fingerprint density at radius 2 is 1.95 bits per heavy atom. The average Bonchev–Trinajstić information content (AvgIpc) is 2.37. The van der Waals surface area contributed by atoms with Crippen molar-refractivity contribution in [3.63, 3.8) is 0 Å². The van der Waals surface area contributed by atoms with Crippen molar-refractivity contribution in [3.05, 3.63) is 0 Å².